The maximum absolute atomic E-state index is 10.5. The number of halogens is 4. The van der Waals surface area contributed by atoms with Crippen LogP contribution in [0, 0.1) is 0 Å². The molecule has 1 heterocycles. The molecule has 2 N–H and O–H groups in total. The van der Waals surface area contributed by atoms with Crippen molar-refractivity contribution in [2.24, 2.45) is 0 Å². The molecule has 100 valence electrons. The Hall–Kier alpha value is -0.0300. The van der Waals surface area contributed by atoms with E-state index >= 15 is 0 Å². The Bertz CT molecular complexity index is 657. The lowest BCUT2D eigenvalue weighted by atomic mass is 9.89. The van der Waals surface area contributed by atoms with Crippen LogP contribution in [0.3, 0.4) is 0 Å². The van der Waals surface area contributed by atoms with Crippen molar-refractivity contribution in [3.8, 4) is 5.75 Å². The highest BCUT2D eigenvalue weighted by atomic mass is 35.5. The molecule has 0 saturated carbocycles. The summed E-state index contributed by atoms with van der Waals surface area (Å²) in [5.41, 5.74) is 0.391. The number of aromatic hydroxyl groups is 1. The molecule has 2 nitrogen and oxygen atoms in total. The van der Waals surface area contributed by atoms with Crippen LogP contribution in [-0.4, -0.2) is 15.1 Å². The lowest BCUT2D eigenvalue weighted by molar-refractivity contribution is 0.193. The molecule has 1 saturated heterocycles. The maximum atomic E-state index is 10.5. The smallest absolute Gasteiger partial charge is 0.170 e. The van der Waals surface area contributed by atoms with E-state index in [-0.39, 0.29) is 15.8 Å². The summed E-state index contributed by atoms with van der Waals surface area (Å²) in [6, 6.07) is 2.97. The third-order valence-corrected chi connectivity index (χ3v) is 5.94. The molecule has 0 bridgehead atoms. The van der Waals surface area contributed by atoms with Crippen LogP contribution < -0.4 is 0 Å². The zero-order valence-corrected chi connectivity index (χ0v) is 13.0. The number of aliphatic hydroxyl groups is 1. The Morgan fingerprint density at radius 3 is 2.47 bits per heavy atom. The fourth-order valence-electron chi connectivity index (χ4n) is 2.18. The zero-order chi connectivity index (χ0) is 14.0. The molecule has 1 fully saturated rings. The van der Waals surface area contributed by atoms with Crippen molar-refractivity contribution in [3.05, 3.63) is 50.0 Å². The second kappa shape index (κ2) is 4.23. The highest BCUT2D eigenvalue weighted by Crippen LogP contribution is 2.76. The predicted octanol–water partition coefficient (Wildman–Crippen LogP) is 4.59. The van der Waals surface area contributed by atoms with Gasteiger partial charge in [-0.25, -0.2) is 0 Å². The summed E-state index contributed by atoms with van der Waals surface area (Å²) in [5.74, 6) is -0.137. The molecule has 0 amide bonds. The number of allylic oxidation sites excluding steroid dienone is 2. The van der Waals surface area contributed by atoms with E-state index in [9.17, 15) is 10.2 Å². The average Bonchev–Trinajstić information content (AvgIpc) is 2.92. The van der Waals surface area contributed by atoms with Crippen molar-refractivity contribution >= 4 is 58.2 Å². The molecule has 0 spiro atoms. The lowest BCUT2D eigenvalue weighted by Crippen LogP contribution is -2.25. The molecule has 19 heavy (non-hydrogen) atoms. The Morgan fingerprint density at radius 2 is 1.79 bits per heavy atom. The van der Waals surface area contributed by atoms with Crippen LogP contribution in [0.4, 0.5) is 0 Å². The standard InChI is InChI=1S/C12H6Cl4O2S/c13-5-1-7(10(17)8(15)2-5)11-4-6(14)3-9(16)12(11,18)19-11/h1-4,17-18H. The van der Waals surface area contributed by atoms with Gasteiger partial charge in [-0.1, -0.05) is 58.2 Å². The summed E-state index contributed by atoms with van der Waals surface area (Å²) in [4.78, 5) is -1.33. The Labute approximate surface area is 133 Å². The quantitative estimate of drug-likeness (QED) is 0.724. The maximum Gasteiger partial charge on any atom is 0.170 e. The van der Waals surface area contributed by atoms with Gasteiger partial charge in [-0.15, -0.1) is 0 Å². The van der Waals surface area contributed by atoms with Crippen LogP contribution >= 0.6 is 58.2 Å². The molecule has 7 heteroatoms. The highest BCUT2D eigenvalue weighted by Gasteiger charge is 2.72. The van der Waals surface area contributed by atoms with E-state index in [1.54, 1.807) is 12.1 Å². The normalized spacial score (nSPS) is 32.5. The number of hydrogen-bond donors (Lipinski definition) is 2. The molecule has 2 aliphatic rings. The minimum atomic E-state index is -1.33. The van der Waals surface area contributed by atoms with Crippen LogP contribution in [0.1, 0.15) is 5.56 Å². The van der Waals surface area contributed by atoms with Crippen LogP contribution in [0.2, 0.25) is 10.0 Å². The summed E-state index contributed by atoms with van der Waals surface area (Å²) < 4.78 is -0.950. The topological polar surface area (TPSA) is 40.5 Å². The first kappa shape index (κ1) is 13.9. The lowest BCUT2D eigenvalue weighted by Gasteiger charge is -2.21. The Kier molecular flexibility index (Phi) is 3.10. The predicted molar refractivity (Wildman–Crippen MR) is 80.2 cm³/mol. The summed E-state index contributed by atoms with van der Waals surface area (Å²) in [7, 11) is 0. The molecule has 1 aliphatic carbocycles. The van der Waals surface area contributed by atoms with Gasteiger partial charge in [0.25, 0.3) is 0 Å². The number of hydrogen-bond acceptors (Lipinski definition) is 3. The largest absolute Gasteiger partial charge is 0.506 e. The van der Waals surface area contributed by atoms with Gasteiger partial charge in [-0.3, -0.25) is 0 Å². The van der Waals surface area contributed by atoms with Crippen molar-refractivity contribution < 1.29 is 10.2 Å². The van der Waals surface area contributed by atoms with E-state index < -0.39 is 9.68 Å². The van der Waals surface area contributed by atoms with Crippen LogP contribution in [-0.2, 0) is 4.75 Å². The van der Waals surface area contributed by atoms with E-state index in [1.807, 2.05) is 0 Å². The fourth-order valence-corrected chi connectivity index (χ4v) is 4.81. The first-order valence-corrected chi connectivity index (χ1v) is 7.50. The summed E-state index contributed by atoms with van der Waals surface area (Å²) in [5, 5.41) is 21.7. The van der Waals surface area contributed by atoms with E-state index in [0.29, 0.717) is 15.6 Å². The second-order valence-corrected chi connectivity index (χ2v) is 7.41. The minimum Gasteiger partial charge on any atom is -0.506 e. The van der Waals surface area contributed by atoms with Crippen LogP contribution in [0.5, 0.6) is 5.75 Å². The van der Waals surface area contributed by atoms with Crippen LogP contribution in [0.25, 0.3) is 0 Å². The number of fused-ring (bicyclic) bond motifs is 1. The minimum absolute atomic E-state index is 0.113. The Balaban J connectivity index is 2.23. The molecule has 0 radical (unpaired) electrons. The van der Waals surface area contributed by atoms with Gasteiger partial charge in [0.2, 0.25) is 0 Å². The third kappa shape index (κ3) is 1.84. The molecule has 3 rings (SSSR count). The molecular weight excluding hydrogens is 350 g/mol. The van der Waals surface area contributed by atoms with Crippen LogP contribution in [0.15, 0.2) is 34.3 Å². The monoisotopic (exact) mass is 354 g/mol. The number of phenolic OH excluding ortho intramolecular Hbond substituents is 1. The molecule has 0 aromatic heterocycles. The fraction of sp³-hybridized carbons (Fsp3) is 0.167. The number of rotatable bonds is 1. The van der Waals surface area contributed by atoms with E-state index in [1.165, 1.54) is 12.1 Å². The Morgan fingerprint density at radius 1 is 1.11 bits per heavy atom. The van der Waals surface area contributed by atoms with Crippen molar-refractivity contribution in [1.29, 1.82) is 0 Å². The molecule has 1 aliphatic heterocycles. The van der Waals surface area contributed by atoms with Crippen molar-refractivity contribution in [3.63, 3.8) is 0 Å². The number of benzene rings is 1. The SMILES string of the molecule is Oc1c(Cl)cc(Cl)cc1C12C=C(Cl)C=C(Cl)C1(O)S2. The van der Waals surface area contributed by atoms with Gasteiger partial charge in [0.15, 0.2) is 4.93 Å². The first-order chi connectivity index (χ1) is 8.80. The van der Waals surface area contributed by atoms with Gasteiger partial charge in [-0.05, 0) is 24.3 Å². The van der Waals surface area contributed by atoms with Gasteiger partial charge < -0.3 is 10.2 Å². The molecule has 1 aromatic carbocycles. The summed E-state index contributed by atoms with van der Waals surface area (Å²) in [6.07, 6.45) is 3.11. The third-order valence-electron chi connectivity index (χ3n) is 3.13. The highest BCUT2D eigenvalue weighted by molar-refractivity contribution is 8.09. The van der Waals surface area contributed by atoms with Crippen molar-refractivity contribution in [2.75, 3.05) is 0 Å². The van der Waals surface area contributed by atoms with E-state index in [2.05, 4.69) is 0 Å². The number of thioether (sulfide) groups is 1. The average molecular weight is 356 g/mol. The molecular formula is C12H6Cl4O2S. The van der Waals surface area contributed by atoms with Gasteiger partial charge in [0, 0.05) is 15.6 Å². The second-order valence-electron chi connectivity index (χ2n) is 4.29. The van der Waals surface area contributed by atoms with E-state index in [4.69, 9.17) is 46.4 Å². The number of phenols is 1. The molecule has 2 unspecified atom stereocenters. The van der Waals surface area contributed by atoms with Gasteiger partial charge in [-0.2, -0.15) is 0 Å². The van der Waals surface area contributed by atoms with Gasteiger partial charge in [0.05, 0.1) is 10.1 Å². The molecule has 2 atom stereocenters. The van der Waals surface area contributed by atoms with E-state index in [0.717, 1.165) is 11.8 Å². The van der Waals surface area contributed by atoms with Gasteiger partial charge in [0.1, 0.15) is 10.5 Å². The first-order valence-electron chi connectivity index (χ1n) is 5.17. The van der Waals surface area contributed by atoms with Crippen molar-refractivity contribution in [1.82, 2.24) is 0 Å². The zero-order valence-electron chi connectivity index (χ0n) is 9.12. The molecule has 1 aromatic rings. The summed E-state index contributed by atoms with van der Waals surface area (Å²) in [6.45, 7) is 0. The van der Waals surface area contributed by atoms with Crippen molar-refractivity contribution in [2.45, 2.75) is 9.68 Å². The summed E-state index contributed by atoms with van der Waals surface area (Å²) >= 11 is 25.1. The van der Waals surface area contributed by atoms with Gasteiger partial charge >= 0.3 is 0 Å².